The molecule has 0 N–H and O–H groups in total. The van der Waals surface area contributed by atoms with Gasteiger partial charge in [-0.1, -0.05) is 0 Å². The summed E-state index contributed by atoms with van der Waals surface area (Å²) in [5, 5.41) is 4.27. The first-order valence-corrected chi connectivity index (χ1v) is 8.18. The lowest BCUT2D eigenvalue weighted by Gasteiger charge is -2.30. The predicted molar refractivity (Wildman–Crippen MR) is 88.4 cm³/mol. The van der Waals surface area contributed by atoms with Crippen LogP contribution in [0.25, 0.3) is 0 Å². The summed E-state index contributed by atoms with van der Waals surface area (Å²) in [4.78, 5) is 25.8. The van der Waals surface area contributed by atoms with Crippen LogP contribution in [-0.2, 0) is 33.8 Å². The number of amides is 1. The number of aromatic nitrogens is 2. The summed E-state index contributed by atoms with van der Waals surface area (Å²) >= 11 is 0. The quantitative estimate of drug-likeness (QED) is 0.775. The van der Waals surface area contributed by atoms with Gasteiger partial charge in [0.25, 0.3) is 0 Å². The average molecular weight is 337 g/mol. The van der Waals surface area contributed by atoms with Crippen LogP contribution in [-0.4, -0.2) is 44.5 Å². The summed E-state index contributed by atoms with van der Waals surface area (Å²) in [6.07, 6.45) is 2.01. The highest BCUT2D eigenvalue weighted by Gasteiger charge is 2.28. The number of ether oxygens (including phenoxy) is 2. The van der Waals surface area contributed by atoms with Crippen LogP contribution in [0, 0.1) is 0 Å². The number of carbonyl (C=O) groups is 2. The Morgan fingerprint density at radius 2 is 1.75 bits per heavy atom. The van der Waals surface area contributed by atoms with Crippen molar-refractivity contribution in [3.8, 4) is 0 Å². The molecule has 134 valence electrons. The van der Waals surface area contributed by atoms with Gasteiger partial charge < -0.3 is 14.4 Å². The van der Waals surface area contributed by atoms with E-state index < -0.39 is 11.2 Å². The van der Waals surface area contributed by atoms with E-state index in [1.165, 1.54) is 0 Å². The molecule has 1 aromatic rings. The second-order valence-corrected chi connectivity index (χ2v) is 8.01. The van der Waals surface area contributed by atoms with E-state index in [4.69, 9.17) is 9.47 Å². The molecule has 0 bridgehead atoms. The fourth-order valence-electron chi connectivity index (χ4n) is 2.51. The molecule has 0 radical (unpaired) electrons. The Balaban J connectivity index is 2.01. The fraction of sp³-hybridized carbons (Fsp3) is 0.706. The highest BCUT2D eigenvalue weighted by atomic mass is 16.6. The van der Waals surface area contributed by atoms with Crippen LogP contribution >= 0.6 is 0 Å². The van der Waals surface area contributed by atoms with E-state index in [9.17, 15) is 9.59 Å². The highest BCUT2D eigenvalue weighted by Crippen LogP contribution is 2.21. The predicted octanol–water partition coefficient (Wildman–Crippen LogP) is 2.52. The Labute approximate surface area is 142 Å². The molecule has 24 heavy (non-hydrogen) atoms. The number of hydrogen-bond donors (Lipinski definition) is 0. The van der Waals surface area contributed by atoms with Gasteiger partial charge >= 0.3 is 12.1 Å². The Hall–Kier alpha value is -2.05. The minimum atomic E-state index is -0.516. The van der Waals surface area contributed by atoms with Crippen LogP contribution in [0.1, 0.15) is 52.8 Å². The Bertz CT molecular complexity index is 623. The van der Waals surface area contributed by atoms with Crippen molar-refractivity contribution < 1.29 is 19.1 Å². The number of esters is 1. The maximum atomic E-state index is 12.2. The van der Waals surface area contributed by atoms with Crippen molar-refractivity contribution in [1.82, 2.24) is 14.7 Å². The molecular weight excluding hydrogens is 310 g/mol. The minimum Gasteiger partial charge on any atom is -0.459 e. The molecule has 0 unspecified atom stereocenters. The van der Waals surface area contributed by atoms with Gasteiger partial charge in [-0.25, -0.2) is 4.79 Å². The zero-order valence-corrected chi connectivity index (χ0v) is 15.4. The normalized spacial score (nSPS) is 15.0. The topological polar surface area (TPSA) is 73.7 Å². The molecule has 1 aromatic heterocycles. The molecule has 0 atom stereocenters. The second-order valence-electron chi connectivity index (χ2n) is 8.01. The van der Waals surface area contributed by atoms with Gasteiger partial charge in [0, 0.05) is 24.2 Å². The van der Waals surface area contributed by atoms with E-state index in [2.05, 4.69) is 5.10 Å². The molecule has 2 heterocycles. The van der Waals surface area contributed by atoms with Crippen molar-refractivity contribution in [3.63, 3.8) is 0 Å². The first-order valence-electron chi connectivity index (χ1n) is 8.18. The van der Waals surface area contributed by atoms with Crippen LogP contribution in [0.15, 0.2) is 6.20 Å². The summed E-state index contributed by atoms with van der Waals surface area (Å²) in [6, 6.07) is 0. The van der Waals surface area contributed by atoms with Gasteiger partial charge in [-0.2, -0.15) is 5.10 Å². The largest absolute Gasteiger partial charge is 0.459 e. The van der Waals surface area contributed by atoms with Crippen LogP contribution in [0.4, 0.5) is 4.79 Å². The summed E-state index contributed by atoms with van der Waals surface area (Å²) in [6.45, 7) is 12.1. The molecule has 1 aliphatic rings. The van der Waals surface area contributed by atoms with E-state index in [0.29, 0.717) is 19.5 Å². The zero-order chi connectivity index (χ0) is 18.1. The van der Waals surface area contributed by atoms with Crippen molar-refractivity contribution in [2.45, 2.75) is 72.3 Å². The Morgan fingerprint density at radius 1 is 1.12 bits per heavy atom. The molecule has 7 heteroatoms. The van der Waals surface area contributed by atoms with E-state index >= 15 is 0 Å². The summed E-state index contributed by atoms with van der Waals surface area (Å²) in [5.74, 6) is -0.317. The summed E-state index contributed by atoms with van der Waals surface area (Å²) in [5.41, 5.74) is 0.882. The molecule has 0 aliphatic carbocycles. The third kappa shape index (κ3) is 4.97. The first-order chi connectivity index (χ1) is 10.9. The van der Waals surface area contributed by atoms with Crippen molar-refractivity contribution >= 4 is 12.1 Å². The van der Waals surface area contributed by atoms with Gasteiger partial charge in [0.2, 0.25) is 0 Å². The summed E-state index contributed by atoms with van der Waals surface area (Å²) < 4.78 is 12.4. The smallest absolute Gasteiger partial charge is 0.410 e. The van der Waals surface area contributed by atoms with Crippen molar-refractivity contribution in [2.24, 2.45) is 0 Å². The van der Waals surface area contributed by atoms with E-state index in [-0.39, 0.29) is 18.6 Å². The average Bonchev–Trinajstić information content (AvgIpc) is 2.77. The number of rotatable bonds is 2. The lowest BCUT2D eigenvalue weighted by molar-refractivity contribution is -0.155. The first kappa shape index (κ1) is 18.3. The summed E-state index contributed by atoms with van der Waals surface area (Å²) in [7, 11) is 0. The van der Waals surface area contributed by atoms with E-state index in [0.717, 1.165) is 11.3 Å². The Morgan fingerprint density at radius 3 is 2.33 bits per heavy atom. The second kappa shape index (κ2) is 6.45. The highest BCUT2D eigenvalue weighted by molar-refractivity contribution is 5.70. The maximum absolute atomic E-state index is 12.2. The molecule has 7 nitrogen and oxygen atoms in total. The third-order valence-electron chi connectivity index (χ3n) is 3.37. The van der Waals surface area contributed by atoms with Crippen LogP contribution in [0.2, 0.25) is 0 Å². The van der Waals surface area contributed by atoms with E-state index in [1.807, 2.05) is 41.5 Å². The molecular formula is C17H27N3O4. The standard InChI is InChI=1S/C17H27N3O4/c1-16(2,3)23-14(21)11-20-13-7-8-19(10-12(13)9-18-20)15(22)24-17(4,5)6/h9H,7-8,10-11H2,1-6H3. The van der Waals surface area contributed by atoms with Gasteiger partial charge in [-0.3, -0.25) is 9.48 Å². The van der Waals surface area contributed by atoms with Crippen LogP contribution < -0.4 is 0 Å². The van der Waals surface area contributed by atoms with E-state index in [1.54, 1.807) is 15.8 Å². The van der Waals surface area contributed by atoms with Crippen molar-refractivity contribution in [2.75, 3.05) is 6.54 Å². The molecule has 2 rings (SSSR count). The number of carbonyl (C=O) groups excluding carboxylic acids is 2. The molecule has 0 saturated heterocycles. The Kier molecular flexibility index (Phi) is 4.92. The lowest BCUT2D eigenvalue weighted by Crippen LogP contribution is -2.40. The van der Waals surface area contributed by atoms with Crippen molar-refractivity contribution in [1.29, 1.82) is 0 Å². The third-order valence-corrected chi connectivity index (χ3v) is 3.37. The van der Waals surface area contributed by atoms with Crippen LogP contribution in [0.5, 0.6) is 0 Å². The fourth-order valence-corrected chi connectivity index (χ4v) is 2.51. The number of hydrogen-bond acceptors (Lipinski definition) is 5. The molecule has 1 aliphatic heterocycles. The van der Waals surface area contributed by atoms with Gasteiger partial charge in [0.05, 0.1) is 12.7 Å². The molecule has 0 saturated carbocycles. The molecule has 0 aromatic carbocycles. The molecule has 0 fully saturated rings. The van der Waals surface area contributed by atoms with Crippen LogP contribution in [0.3, 0.4) is 0 Å². The maximum Gasteiger partial charge on any atom is 0.410 e. The van der Waals surface area contributed by atoms with Gasteiger partial charge in [-0.05, 0) is 41.5 Å². The minimum absolute atomic E-state index is 0.0824. The molecule has 0 spiro atoms. The van der Waals surface area contributed by atoms with Crippen molar-refractivity contribution in [3.05, 3.63) is 17.5 Å². The number of nitrogens with zero attached hydrogens (tertiary/aromatic N) is 3. The lowest BCUT2D eigenvalue weighted by atomic mass is 10.1. The molecule has 1 amide bonds. The SMILES string of the molecule is CC(C)(C)OC(=O)Cn1ncc2c1CCN(C(=O)OC(C)(C)C)C2. The zero-order valence-electron chi connectivity index (χ0n) is 15.4. The number of fused-ring (bicyclic) bond motifs is 1. The monoisotopic (exact) mass is 337 g/mol. The van der Waals surface area contributed by atoms with Gasteiger partial charge in [-0.15, -0.1) is 0 Å². The van der Waals surface area contributed by atoms with Gasteiger partial charge in [0.15, 0.2) is 0 Å². The van der Waals surface area contributed by atoms with Gasteiger partial charge in [0.1, 0.15) is 17.7 Å².